The standard InChI is InChI=1S/C34H35Cl2N3O4S/c1-4-37-34(41)32(21-26-9-6-5-7-10-26)38(22-29-30(35)11-8-12-31(29)36)33(40)23-39(27-17-13-24(2)14-18-27)44(42,43)28-19-15-25(3)16-20-28/h5-20,32H,4,21-23H2,1-3H3,(H,37,41)/t32-/m0/s1. The van der Waals surface area contributed by atoms with Gasteiger partial charge in [-0.2, -0.15) is 0 Å². The van der Waals surface area contributed by atoms with Gasteiger partial charge in [-0.3, -0.25) is 13.9 Å². The third-order valence-electron chi connectivity index (χ3n) is 7.22. The number of carbonyl (C=O) groups is 2. The van der Waals surface area contributed by atoms with Gasteiger partial charge in [0.25, 0.3) is 10.0 Å². The number of benzene rings is 4. The minimum Gasteiger partial charge on any atom is -0.355 e. The van der Waals surface area contributed by atoms with Crippen LogP contribution in [0.2, 0.25) is 10.0 Å². The minimum absolute atomic E-state index is 0.0433. The summed E-state index contributed by atoms with van der Waals surface area (Å²) >= 11 is 13.1. The lowest BCUT2D eigenvalue weighted by Crippen LogP contribution is -2.53. The molecule has 44 heavy (non-hydrogen) atoms. The van der Waals surface area contributed by atoms with Crippen molar-refractivity contribution in [1.29, 1.82) is 0 Å². The van der Waals surface area contributed by atoms with Gasteiger partial charge < -0.3 is 10.2 Å². The fourth-order valence-corrected chi connectivity index (χ4v) is 6.71. The lowest BCUT2D eigenvalue weighted by atomic mass is 10.0. The van der Waals surface area contributed by atoms with Crippen LogP contribution in [-0.2, 0) is 32.6 Å². The maximum absolute atomic E-state index is 14.4. The molecule has 0 radical (unpaired) electrons. The predicted octanol–water partition coefficient (Wildman–Crippen LogP) is 6.58. The van der Waals surface area contributed by atoms with Crippen LogP contribution in [-0.4, -0.2) is 44.3 Å². The largest absolute Gasteiger partial charge is 0.355 e. The molecule has 2 amide bonds. The molecular formula is C34H35Cl2N3O4S. The Morgan fingerprint density at radius 1 is 0.795 bits per heavy atom. The molecule has 7 nitrogen and oxygen atoms in total. The molecule has 0 unspecified atom stereocenters. The zero-order valence-corrected chi connectivity index (χ0v) is 27.2. The van der Waals surface area contributed by atoms with Crippen LogP contribution in [0.25, 0.3) is 0 Å². The average molecular weight is 653 g/mol. The summed E-state index contributed by atoms with van der Waals surface area (Å²) in [5, 5.41) is 3.49. The second-order valence-corrected chi connectivity index (χ2v) is 13.2. The maximum Gasteiger partial charge on any atom is 0.264 e. The van der Waals surface area contributed by atoms with E-state index >= 15 is 0 Å². The summed E-state index contributed by atoms with van der Waals surface area (Å²) < 4.78 is 29.3. The SMILES string of the molecule is CCNC(=O)[C@H](Cc1ccccc1)N(Cc1c(Cl)cccc1Cl)C(=O)CN(c1ccc(C)cc1)S(=O)(=O)c1ccc(C)cc1. The Hall–Kier alpha value is -3.85. The zero-order valence-electron chi connectivity index (χ0n) is 24.8. The molecule has 0 heterocycles. The molecule has 0 saturated heterocycles. The Balaban J connectivity index is 1.82. The number of carbonyl (C=O) groups excluding carboxylic acids is 2. The van der Waals surface area contributed by atoms with E-state index in [1.165, 1.54) is 17.0 Å². The molecule has 0 aromatic heterocycles. The highest BCUT2D eigenvalue weighted by atomic mass is 35.5. The first-order chi connectivity index (χ1) is 21.0. The monoisotopic (exact) mass is 651 g/mol. The molecule has 230 valence electrons. The van der Waals surface area contributed by atoms with E-state index in [0.717, 1.165) is 21.0 Å². The number of halogens is 2. The van der Waals surface area contributed by atoms with Gasteiger partial charge in [-0.1, -0.05) is 95.0 Å². The number of hydrogen-bond acceptors (Lipinski definition) is 4. The van der Waals surface area contributed by atoms with Gasteiger partial charge in [-0.05, 0) is 62.7 Å². The number of nitrogens with one attached hydrogen (secondary N) is 1. The highest BCUT2D eigenvalue weighted by Crippen LogP contribution is 2.29. The van der Waals surface area contributed by atoms with Crippen LogP contribution in [0.5, 0.6) is 0 Å². The van der Waals surface area contributed by atoms with E-state index in [1.54, 1.807) is 61.5 Å². The van der Waals surface area contributed by atoms with Gasteiger partial charge in [0.15, 0.2) is 0 Å². The van der Waals surface area contributed by atoms with Crippen LogP contribution >= 0.6 is 23.2 Å². The fourth-order valence-electron chi connectivity index (χ4n) is 4.78. The molecule has 0 aliphatic carbocycles. The number of anilines is 1. The predicted molar refractivity (Wildman–Crippen MR) is 177 cm³/mol. The summed E-state index contributed by atoms with van der Waals surface area (Å²) in [6.07, 6.45) is 0.190. The van der Waals surface area contributed by atoms with Crippen LogP contribution in [0, 0.1) is 13.8 Å². The number of likely N-dealkylation sites (N-methyl/N-ethyl adjacent to an activating group) is 1. The van der Waals surface area contributed by atoms with Crippen molar-refractivity contribution in [3.8, 4) is 0 Å². The van der Waals surface area contributed by atoms with Crippen LogP contribution in [0.1, 0.15) is 29.2 Å². The second-order valence-electron chi connectivity index (χ2n) is 10.5. The molecule has 0 saturated carbocycles. The van der Waals surface area contributed by atoms with E-state index in [-0.39, 0.29) is 23.8 Å². The Kier molecular flexibility index (Phi) is 11.1. The van der Waals surface area contributed by atoms with E-state index in [4.69, 9.17) is 23.2 Å². The normalized spacial score (nSPS) is 11.9. The first-order valence-corrected chi connectivity index (χ1v) is 16.4. The topological polar surface area (TPSA) is 86.8 Å². The first-order valence-electron chi connectivity index (χ1n) is 14.2. The molecule has 4 aromatic carbocycles. The molecule has 1 N–H and O–H groups in total. The molecule has 0 bridgehead atoms. The van der Waals surface area contributed by atoms with E-state index < -0.39 is 28.5 Å². The second kappa shape index (κ2) is 14.8. The number of aryl methyl sites for hydroxylation is 2. The Morgan fingerprint density at radius 3 is 1.93 bits per heavy atom. The number of sulfonamides is 1. The molecule has 1 atom stereocenters. The Labute approximate surface area is 269 Å². The fraction of sp³-hybridized carbons (Fsp3) is 0.235. The van der Waals surface area contributed by atoms with Gasteiger partial charge in [0.05, 0.1) is 10.6 Å². The number of rotatable bonds is 12. The highest BCUT2D eigenvalue weighted by Gasteiger charge is 2.35. The van der Waals surface area contributed by atoms with Crippen LogP contribution in [0.3, 0.4) is 0 Å². The number of amides is 2. The van der Waals surface area contributed by atoms with Crippen LogP contribution in [0.4, 0.5) is 5.69 Å². The third kappa shape index (κ3) is 8.00. The summed E-state index contributed by atoms with van der Waals surface area (Å²) in [5.41, 5.74) is 3.43. The van der Waals surface area contributed by atoms with Gasteiger partial charge in [-0.25, -0.2) is 8.42 Å². The van der Waals surface area contributed by atoms with Crippen molar-refractivity contribution >= 4 is 50.7 Å². The van der Waals surface area contributed by atoms with Crippen molar-refractivity contribution in [1.82, 2.24) is 10.2 Å². The Morgan fingerprint density at radius 2 is 1.36 bits per heavy atom. The van der Waals surface area contributed by atoms with Crippen LogP contribution in [0.15, 0.2) is 102 Å². The zero-order chi connectivity index (χ0) is 31.9. The molecule has 0 spiro atoms. The smallest absolute Gasteiger partial charge is 0.264 e. The third-order valence-corrected chi connectivity index (χ3v) is 9.72. The van der Waals surface area contributed by atoms with Gasteiger partial charge >= 0.3 is 0 Å². The quantitative estimate of drug-likeness (QED) is 0.187. The molecule has 4 rings (SSSR count). The lowest BCUT2D eigenvalue weighted by Gasteiger charge is -2.34. The van der Waals surface area contributed by atoms with E-state index in [1.807, 2.05) is 44.2 Å². The van der Waals surface area contributed by atoms with E-state index in [0.29, 0.717) is 27.8 Å². The van der Waals surface area contributed by atoms with Crippen molar-refractivity contribution in [2.45, 2.75) is 44.7 Å². The molecule has 4 aromatic rings. The minimum atomic E-state index is -4.18. The number of hydrogen-bond donors (Lipinski definition) is 1. The first kappa shape index (κ1) is 33.1. The van der Waals surface area contributed by atoms with Crippen molar-refractivity contribution in [3.05, 3.63) is 129 Å². The maximum atomic E-state index is 14.4. The average Bonchev–Trinajstić information content (AvgIpc) is 3.00. The van der Waals surface area contributed by atoms with E-state index in [9.17, 15) is 18.0 Å². The van der Waals surface area contributed by atoms with Gasteiger partial charge in [0.2, 0.25) is 11.8 Å². The summed E-state index contributed by atoms with van der Waals surface area (Å²) in [6.45, 7) is 5.22. The summed E-state index contributed by atoms with van der Waals surface area (Å²) in [5.74, 6) is -0.972. The lowest BCUT2D eigenvalue weighted by molar-refractivity contribution is -0.140. The van der Waals surface area contributed by atoms with Crippen molar-refractivity contribution < 1.29 is 18.0 Å². The van der Waals surface area contributed by atoms with Crippen molar-refractivity contribution in [2.75, 3.05) is 17.4 Å². The van der Waals surface area contributed by atoms with Crippen LogP contribution < -0.4 is 9.62 Å². The highest BCUT2D eigenvalue weighted by molar-refractivity contribution is 7.92. The summed E-state index contributed by atoms with van der Waals surface area (Å²) in [4.78, 5) is 29.5. The molecule has 0 aliphatic heterocycles. The van der Waals surface area contributed by atoms with Crippen molar-refractivity contribution in [3.63, 3.8) is 0 Å². The van der Waals surface area contributed by atoms with Gasteiger partial charge in [-0.15, -0.1) is 0 Å². The Bertz CT molecular complexity index is 1680. The summed E-state index contributed by atoms with van der Waals surface area (Å²) in [7, 11) is -4.18. The molecule has 10 heteroatoms. The van der Waals surface area contributed by atoms with Gasteiger partial charge in [0.1, 0.15) is 12.6 Å². The molecule has 0 aliphatic rings. The van der Waals surface area contributed by atoms with Gasteiger partial charge in [0, 0.05) is 35.1 Å². The molecular weight excluding hydrogens is 617 g/mol. The van der Waals surface area contributed by atoms with Crippen molar-refractivity contribution in [2.24, 2.45) is 0 Å². The van der Waals surface area contributed by atoms with E-state index in [2.05, 4.69) is 5.32 Å². The summed E-state index contributed by atoms with van der Waals surface area (Å²) in [6, 6.07) is 26.7. The number of nitrogens with zero attached hydrogens (tertiary/aromatic N) is 2. The molecule has 0 fully saturated rings.